The largest absolute Gasteiger partial charge is 0.338 e. The smallest absolute Gasteiger partial charge is 0.317 e. The Hall–Kier alpha value is -0.750. The highest BCUT2D eigenvalue weighted by molar-refractivity contribution is 7.95. The van der Waals surface area contributed by atoms with Gasteiger partial charge in [0, 0.05) is 20.1 Å². The van der Waals surface area contributed by atoms with Crippen LogP contribution in [-0.2, 0) is 4.79 Å². The third-order valence-electron chi connectivity index (χ3n) is 2.43. The first-order chi connectivity index (χ1) is 8.31. The molecule has 3 amide bonds. The van der Waals surface area contributed by atoms with E-state index in [2.05, 4.69) is 32.0 Å². The lowest BCUT2D eigenvalue weighted by Gasteiger charge is -2.27. The minimum Gasteiger partial charge on any atom is -0.317 e. The van der Waals surface area contributed by atoms with Crippen LogP contribution in [0.1, 0.15) is 27.7 Å². The lowest BCUT2D eigenvalue weighted by Crippen LogP contribution is -2.34. The van der Waals surface area contributed by atoms with Gasteiger partial charge in [0.1, 0.15) is 6.54 Å². The number of imide groups is 1. The van der Waals surface area contributed by atoms with Crippen molar-refractivity contribution in [2.45, 2.75) is 27.7 Å². The van der Waals surface area contributed by atoms with E-state index in [9.17, 15) is 9.59 Å². The predicted molar refractivity (Wildman–Crippen MR) is 73.7 cm³/mol. The van der Waals surface area contributed by atoms with Crippen molar-refractivity contribution in [1.29, 1.82) is 0 Å². The quantitative estimate of drug-likeness (QED) is 0.549. The van der Waals surface area contributed by atoms with Gasteiger partial charge in [0.2, 0.25) is 0 Å². The number of urea groups is 1. The van der Waals surface area contributed by atoms with Crippen LogP contribution >= 0.6 is 12.1 Å². The molecule has 1 saturated heterocycles. The molecule has 0 saturated carbocycles. The van der Waals surface area contributed by atoms with E-state index in [0.29, 0.717) is 11.8 Å². The summed E-state index contributed by atoms with van der Waals surface area (Å²) in [6.07, 6.45) is 0. The Balaban J connectivity index is 2.64. The molecule has 1 aliphatic heterocycles. The Morgan fingerprint density at radius 2 is 1.67 bits per heavy atom. The summed E-state index contributed by atoms with van der Waals surface area (Å²) in [6.45, 7) is 10.4. The van der Waals surface area contributed by atoms with Gasteiger partial charge in [-0.05, 0) is 11.8 Å². The third kappa shape index (κ3) is 4.17. The second-order valence-electron chi connectivity index (χ2n) is 5.54. The van der Waals surface area contributed by atoms with Gasteiger partial charge in [0.15, 0.2) is 0 Å². The number of carbonyl (C=O) groups excluding carboxylic acids is 2. The molecule has 0 unspecified atom stereocenters. The number of rotatable bonds is 6. The molecule has 6 heteroatoms. The Morgan fingerprint density at radius 3 is 2.00 bits per heavy atom. The van der Waals surface area contributed by atoms with Crippen molar-refractivity contribution in [3.63, 3.8) is 0 Å². The molecule has 0 N–H and O–H groups in total. The van der Waals surface area contributed by atoms with Crippen molar-refractivity contribution < 1.29 is 9.59 Å². The summed E-state index contributed by atoms with van der Waals surface area (Å²) in [7, 11) is 1.65. The number of nitrogens with zero attached hydrogens (tertiary/aromatic N) is 3. The Bertz CT molecular complexity index is 310. The van der Waals surface area contributed by atoms with E-state index in [0.717, 1.165) is 13.1 Å². The molecule has 0 aliphatic carbocycles. The summed E-state index contributed by atoms with van der Waals surface area (Å²) >= 11 is 1.25. The minimum atomic E-state index is -0.220. The van der Waals surface area contributed by atoms with Crippen LogP contribution in [0.2, 0.25) is 0 Å². The standard InChI is InChI=1S/C12H23N3O2S/c1-9(2)6-14(7-10(3)4)18-15-11(16)8-13(5)12(15)17/h9-10H,6-8H2,1-5H3. The molecule has 0 spiro atoms. The second-order valence-corrected chi connectivity index (χ2v) is 6.59. The molecule has 104 valence electrons. The maximum atomic E-state index is 11.8. The molecule has 5 nitrogen and oxygen atoms in total. The number of hydrogen-bond donors (Lipinski definition) is 0. The molecule has 1 fully saturated rings. The highest BCUT2D eigenvalue weighted by atomic mass is 32.2. The molecule has 0 atom stereocenters. The first-order valence-corrected chi connectivity index (χ1v) is 7.05. The van der Waals surface area contributed by atoms with E-state index in [1.807, 2.05) is 0 Å². The van der Waals surface area contributed by atoms with Gasteiger partial charge in [0.05, 0.1) is 12.1 Å². The minimum absolute atomic E-state index is 0.134. The van der Waals surface area contributed by atoms with Crippen molar-refractivity contribution in [2.75, 3.05) is 26.7 Å². The summed E-state index contributed by atoms with van der Waals surface area (Å²) in [5.41, 5.74) is 0. The van der Waals surface area contributed by atoms with E-state index < -0.39 is 0 Å². The monoisotopic (exact) mass is 273 g/mol. The summed E-state index contributed by atoms with van der Waals surface area (Å²) in [5, 5.41) is 0. The van der Waals surface area contributed by atoms with Crippen LogP contribution in [0.25, 0.3) is 0 Å². The van der Waals surface area contributed by atoms with Gasteiger partial charge in [-0.15, -0.1) is 0 Å². The summed E-state index contributed by atoms with van der Waals surface area (Å²) < 4.78 is 3.37. The fraction of sp³-hybridized carbons (Fsp3) is 0.833. The highest BCUT2D eigenvalue weighted by Gasteiger charge is 2.36. The topological polar surface area (TPSA) is 43.9 Å². The number of likely N-dealkylation sites (N-methyl/N-ethyl adjacent to an activating group) is 1. The van der Waals surface area contributed by atoms with Crippen molar-refractivity contribution in [2.24, 2.45) is 11.8 Å². The molecule has 18 heavy (non-hydrogen) atoms. The van der Waals surface area contributed by atoms with E-state index in [1.165, 1.54) is 21.3 Å². The molecular weight excluding hydrogens is 250 g/mol. The van der Waals surface area contributed by atoms with Gasteiger partial charge in [0.25, 0.3) is 5.91 Å². The first kappa shape index (κ1) is 15.3. The van der Waals surface area contributed by atoms with Crippen LogP contribution in [0.5, 0.6) is 0 Å². The number of hydrogen-bond acceptors (Lipinski definition) is 4. The molecular formula is C12H23N3O2S. The van der Waals surface area contributed by atoms with Crippen LogP contribution in [-0.4, -0.2) is 52.1 Å². The van der Waals surface area contributed by atoms with Gasteiger partial charge < -0.3 is 4.90 Å². The molecule has 0 aromatic rings. The summed E-state index contributed by atoms with van der Waals surface area (Å²) in [5.74, 6) is 0.869. The highest BCUT2D eigenvalue weighted by Crippen LogP contribution is 2.24. The van der Waals surface area contributed by atoms with Gasteiger partial charge in [-0.1, -0.05) is 27.7 Å². The molecule has 0 aromatic heterocycles. The average Bonchev–Trinajstić information content (AvgIpc) is 2.43. The van der Waals surface area contributed by atoms with Crippen molar-refractivity contribution in [3.8, 4) is 0 Å². The number of carbonyl (C=O) groups is 2. The Morgan fingerprint density at radius 1 is 1.17 bits per heavy atom. The Labute approximate surface area is 114 Å². The molecule has 0 radical (unpaired) electrons. The van der Waals surface area contributed by atoms with Crippen molar-refractivity contribution >= 4 is 24.1 Å². The average molecular weight is 273 g/mol. The van der Waals surface area contributed by atoms with Crippen LogP contribution < -0.4 is 0 Å². The second kappa shape index (κ2) is 6.43. The third-order valence-corrected chi connectivity index (χ3v) is 3.49. The van der Waals surface area contributed by atoms with E-state index in [4.69, 9.17) is 0 Å². The maximum absolute atomic E-state index is 11.8. The van der Waals surface area contributed by atoms with E-state index in [-0.39, 0.29) is 18.5 Å². The van der Waals surface area contributed by atoms with Gasteiger partial charge in [-0.3, -0.25) is 4.79 Å². The lowest BCUT2D eigenvalue weighted by molar-refractivity contribution is -0.121. The lowest BCUT2D eigenvalue weighted by atomic mass is 10.2. The SMILES string of the molecule is CC(C)CN(CC(C)C)SN1C(=O)CN(C)C1=O. The molecule has 0 bridgehead atoms. The zero-order valence-electron chi connectivity index (χ0n) is 11.8. The van der Waals surface area contributed by atoms with Gasteiger partial charge >= 0.3 is 6.03 Å². The van der Waals surface area contributed by atoms with Gasteiger partial charge in [-0.2, -0.15) is 4.31 Å². The normalized spacial score (nSPS) is 16.9. The fourth-order valence-electron chi connectivity index (χ4n) is 1.75. The van der Waals surface area contributed by atoms with E-state index in [1.54, 1.807) is 7.05 Å². The van der Waals surface area contributed by atoms with Crippen molar-refractivity contribution in [3.05, 3.63) is 0 Å². The summed E-state index contributed by atoms with van der Waals surface area (Å²) in [4.78, 5) is 25.0. The molecule has 1 rings (SSSR count). The van der Waals surface area contributed by atoms with Crippen LogP contribution in [0, 0.1) is 11.8 Å². The number of amides is 3. The van der Waals surface area contributed by atoms with Crippen LogP contribution in [0.4, 0.5) is 4.79 Å². The summed E-state index contributed by atoms with van der Waals surface area (Å²) in [6, 6.07) is -0.220. The molecule has 1 heterocycles. The molecule has 0 aromatic carbocycles. The fourth-order valence-corrected chi connectivity index (χ4v) is 3.07. The Kier molecular flexibility index (Phi) is 5.47. The van der Waals surface area contributed by atoms with Crippen LogP contribution in [0.3, 0.4) is 0 Å². The van der Waals surface area contributed by atoms with Crippen LogP contribution in [0.15, 0.2) is 0 Å². The first-order valence-electron chi connectivity index (χ1n) is 6.32. The predicted octanol–water partition coefficient (Wildman–Crippen LogP) is 2.06. The molecule has 1 aliphatic rings. The van der Waals surface area contributed by atoms with E-state index >= 15 is 0 Å². The van der Waals surface area contributed by atoms with Gasteiger partial charge in [-0.25, -0.2) is 9.10 Å². The zero-order chi connectivity index (χ0) is 13.9. The van der Waals surface area contributed by atoms with Crippen molar-refractivity contribution in [1.82, 2.24) is 13.5 Å². The zero-order valence-corrected chi connectivity index (χ0v) is 12.7. The maximum Gasteiger partial charge on any atom is 0.338 e.